The zero-order valence-corrected chi connectivity index (χ0v) is 9.46. The monoisotopic (exact) mass is 167 g/mol. The Balaban J connectivity index is -0.00000000500. The van der Waals surface area contributed by atoms with Crippen molar-refractivity contribution in [1.82, 2.24) is 6.15 Å². The van der Waals surface area contributed by atoms with Crippen LogP contribution in [0.3, 0.4) is 0 Å². The average Bonchev–Trinajstić information content (AvgIpc) is 2.03. The zero-order valence-electron chi connectivity index (χ0n) is 7.46. The second-order valence-electron chi connectivity index (χ2n) is 0. The number of rotatable bonds is 0. The van der Waals surface area contributed by atoms with E-state index in [1.807, 2.05) is 0 Å². The maximum Gasteiger partial charge on any atom is 1.00 e. The number of hydrogen-bond donors (Lipinski definition) is 4. The van der Waals surface area contributed by atoms with Gasteiger partial charge in [-0.25, -0.2) is 0 Å². The molecule has 0 rings (SSSR count). The first-order valence-electron chi connectivity index (χ1n) is 1.75. The molecule has 0 fully saturated rings. The van der Waals surface area contributed by atoms with Crippen LogP contribution in [-0.2, 0) is 0 Å². The van der Waals surface area contributed by atoms with Gasteiger partial charge in [-0.15, -0.1) is 0 Å². The van der Waals surface area contributed by atoms with Crippen LogP contribution < -0.4 is 40.8 Å². The Morgan fingerprint density at radius 1 is 0.700 bits per heavy atom. The van der Waals surface area contributed by atoms with Crippen molar-refractivity contribution in [3.8, 4) is 0 Å². The van der Waals surface area contributed by atoms with Gasteiger partial charge in [0, 0.05) is 21.3 Å². The Hall–Kier alpha value is 0.800. The first kappa shape index (κ1) is 45.0. The van der Waals surface area contributed by atoms with Crippen molar-refractivity contribution < 1.29 is 50.0 Å². The van der Waals surface area contributed by atoms with Crippen LogP contribution in [0.25, 0.3) is 0 Å². The standard InChI is InChI=1S/3CH4O.CH3O.H3N.Na/c4*1-2;;/h3*2H,1H3;1H3;1H3;/q;;;-1;;+1. The summed E-state index contributed by atoms with van der Waals surface area (Å²) >= 11 is 0. The predicted octanol–water partition coefficient (Wildman–Crippen LogP) is -5.03. The Kier molecular flexibility index (Phi) is 5340. The Morgan fingerprint density at radius 3 is 0.700 bits per heavy atom. The fourth-order valence-electron chi connectivity index (χ4n) is 0. The summed E-state index contributed by atoms with van der Waals surface area (Å²) < 4.78 is 0. The zero-order chi connectivity index (χ0) is 8.00. The summed E-state index contributed by atoms with van der Waals surface area (Å²) in [4.78, 5) is 0. The molecule has 0 radical (unpaired) electrons. The smallest absolute Gasteiger partial charge is 0.857 e. The molecule has 0 atom stereocenters. The van der Waals surface area contributed by atoms with Crippen LogP contribution in [0.4, 0.5) is 0 Å². The first-order valence-corrected chi connectivity index (χ1v) is 1.75. The fraction of sp³-hybridized carbons (Fsp3) is 1.00. The van der Waals surface area contributed by atoms with Gasteiger partial charge in [0.1, 0.15) is 0 Å². The van der Waals surface area contributed by atoms with E-state index in [1.165, 1.54) is 0 Å². The maximum absolute atomic E-state index is 8.25. The third-order valence-electron chi connectivity index (χ3n) is 0. The molecule has 6 heteroatoms. The fourth-order valence-corrected chi connectivity index (χ4v) is 0. The second kappa shape index (κ2) is 1190. The van der Waals surface area contributed by atoms with Crippen molar-refractivity contribution in [3.63, 3.8) is 0 Å². The van der Waals surface area contributed by atoms with Crippen LogP contribution in [0.5, 0.6) is 0 Å². The Bertz CT molecular complexity index is 17.2. The molecule has 5 nitrogen and oxygen atoms in total. The van der Waals surface area contributed by atoms with Gasteiger partial charge < -0.3 is 26.6 Å². The van der Waals surface area contributed by atoms with E-state index in [-0.39, 0.29) is 35.7 Å². The van der Waals surface area contributed by atoms with Crippen molar-refractivity contribution in [2.45, 2.75) is 0 Å². The quantitative estimate of drug-likeness (QED) is 0.269. The van der Waals surface area contributed by atoms with E-state index >= 15 is 0 Å². The SMILES string of the molecule is CO.CO.CO.C[O-].N.[Na+]. The molecular formula is C4H18NNaO4. The van der Waals surface area contributed by atoms with Crippen molar-refractivity contribution in [1.29, 1.82) is 0 Å². The van der Waals surface area contributed by atoms with Crippen LogP contribution >= 0.6 is 0 Å². The van der Waals surface area contributed by atoms with E-state index in [0.717, 1.165) is 28.4 Å². The van der Waals surface area contributed by atoms with Gasteiger partial charge in [0.15, 0.2) is 0 Å². The minimum atomic E-state index is 0. The summed E-state index contributed by atoms with van der Waals surface area (Å²) in [5.41, 5.74) is 0. The van der Waals surface area contributed by atoms with Crippen molar-refractivity contribution in [2.75, 3.05) is 28.4 Å². The largest absolute Gasteiger partial charge is 1.00 e. The molecule has 0 aliphatic rings. The molecule has 0 amide bonds. The van der Waals surface area contributed by atoms with E-state index in [9.17, 15) is 0 Å². The topological polar surface area (TPSA) is 119 Å². The van der Waals surface area contributed by atoms with Crippen molar-refractivity contribution >= 4 is 0 Å². The second-order valence-corrected chi connectivity index (χ2v) is 0. The molecule has 0 aliphatic carbocycles. The molecule has 0 bridgehead atoms. The summed E-state index contributed by atoms with van der Waals surface area (Å²) in [6, 6.07) is 0. The molecule has 6 N–H and O–H groups in total. The van der Waals surface area contributed by atoms with Gasteiger partial charge in [-0.2, -0.15) is 7.11 Å². The van der Waals surface area contributed by atoms with Gasteiger partial charge >= 0.3 is 29.6 Å². The van der Waals surface area contributed by atoms with E-state index < -0.39 is 0 Å². The molecule has 0 aromatic heterocycles. The molecule has 64 valence electrons. The van der Waals surface area contributed by atoms with Gasteiger partial charge in [-0.05, 0) is 0 Å². The molecular weight excluding hydrogens is 149 g/mol. The summed E-state index contributed by atoms with van der Waals surface area (Å²) in [5.74, 6) is 0. The third-order valence-corrected chi connectivity index (χ3v) is 0. The van der Waals surface area contributed by atoms with Crippen LogP contribution in [-0.4, -0.2) is 43.8 Å². The molecule has 0 saturated carbocycles. The van der Waals surface area contributed by atoms with E-state index in [1.54, 1.807) is 0 Å². The summed E-state index contributed by atoms with van der Waals surface area (Å²) in [5, 5.41) is 29.2. The van der Waals surface area contributed by atoms with Crippen LogP contribution in [0.1, 0.15) is 0 Å². The number of aliphatic hydroxyl groups excluding tert-OH is 3. The molecule has 0 spiro atoms. The van der Waals surface area contributed by atoms with Crippen molar-refractivity contribution in [2.24, 2.45) is 0 Å². The molecule has 0 aromatic rings. The first-order chi connectivity index (χ1) is 4.00. The third kappa shape index (κ3) is 837. The van der Waals surface area contributed by atoms with E-state index in [2.05, 4.69) is 0 Å². The molecule has 0 unspecified atom stereocenters. The van der Waals surface area contributed by atoms with Crippen LogP contribution in [0.2, 0.25) is 0 Å². The minimum absolute atomic E-state index is 0. The number of hydrogen-bond acceptors (Lipinski definition) is 5. The normalized spacial score (nSPS) is 2.40. The number of aliphatic hydroxyl groups is 3. The van der Waals surface area contributed by atoms with Crippen molar-refractivity contribution in [3.05, 3.63) is 0 Å². The van der Waals surface area contributed by atoms with Crippen LogP contribution in [0, 0.1) is 0 Å². The van der Waals surface area contributed by atoms with Gasteiger partial charge in [0.2, 0.25) is 0 Å². The average molecular weight is 167 g/mol. The summed E-state index contributed by atoms with van der Waals surface area (Å²) in [6.45, 7) is 0. The molecule has 0 saturated heterocycles. The maximum atomic E-state index is 8.25. The molecule has 0 aromatic carbocycles. The molecule has 10 heavy (non-hydrogen) atoms. The van der Waals surface area contributed by atoms with Gasteiger partial charge in [-0.1, -0.05) is 0 Å². The van der Waals surface area contributed by atoms with E-state index in [0.29, 0.717) is 0 Å². The van der Waals surface area contributed by atoms with Gasteiger partial charge in [0.25, 0.3) is 0 Å². The predicted molar refractivity (Wildman–Crippen MR) is 35.4 cm³/mol. The molecule has 0 heterocycles. The van der Waals surface area contributed by atoms with E-state index in [4.69, 9.17) is 20.4 Å². The molecule has 0 aliphatic heterocycles. The summed E-state index contributed by atoms with van der Waals surface area (Å²) in [7, 11) is 3.75. The Labute approximate surface area is 84.6 Å². The minimum Gasteiger partial charge on any atom is -0.857 e. The summed E-state index contributed by atoms with van der Waals surface area (Å²) in [6.07, 6.45) is 0. The Morgan fingerprint density at radius 2 is 0.700 bits per heavy atom. The van der Waals surface area contributed by atoms with Gasteiger partial charge in [-0.3, -0.25) is 0 Å². The van der Waals surface area contributed by atoms with Gasteiger partial charge in [0.05, 0.1) is 0 Å². The van der Waals surface area contributed by atoms with Crippen LogP contribution in [0.15, 0.2) is 0 Å².